The highest BCUT2D eigenvalue weighted by Crippen LogP contribution is 2.20. The Bertz CT molecular complexity index is 166. The van der Waals surface area contributed by atoms with Gasteiger partial charge in [0, 0.05) is 12.5 Å². The summed E-state index contributed by atoms with van der Waals surface area (Å²) in [4.78, 5) is 10.4. The molecular weight excluding hydrogens is 166 g/mol. The van der Waals surface area contributed by atoms with Crippen molar-refractivity contribution in [3.8, 4) is 0 Å². The second kappa shape index (κ2) is 4.85. The number of rotatable bonds is 5. The maximum Gasteiger partial charge on any atom is 0.330 e. The number of hydrogen-bond acceptors (Lipinski definition) is 2. The van der Waals surface area contributed by atoms with E-state index in [9.17, 15) is 13.6 Å². The first-order valence-electron chi connectivity index (χ1n) is 3.69. The molecule has 0 amide bonds. The van der Waals surface area contributed by atoms with E-state index in [-0.39, 0.29) is 6.42 Å². The van der Waals surface area contributed by atoms with Gasteiger partial charge in [0.1, 0.15) is 0 Å². The van der Waals surface area contributed by atoms with E-state index < -0.39 is 18.5 Å². The molecule has 0 aromatic rings. The lowest BCUT2D eigenvalue weighted by atomic mass is 10.2. The van der Waals surface area contributed by atoms with Gasteiger partial charge in [0.2, 0.25) is 0 Å². The minimum atomic E-state index is -2.91. The molecule has 0 aliphatic carbocycles. The zero-order valence-corrected chi connectivity index (χ0v) is 6.98. The Morgan fingerprint density at radius 1 is 1.67 bits per heavy atom. The minimum absolute atomic E-state index is 0.266. The number of halogens is 2. The molecule has 0 bridgehead atoms. The van der Waals surface area contributed by atoms with Crippen molar-refractivity contribution >= 4 is 5.97 Å². The maximum atomic E-state index is 12.6. The molecule has 0 N–H and O–H groups in total. The highest BCUT2D eigenvalue weighted by molar-refractivity contribution is 5.81. The normalized spacial score (nSPS) is 10.9. The molecule has 0 aliphatic heterocycles. The highest BCUT2D eigenvalue weighted by atomic mass is 19.3. The van der Waals surface area contributed by atoms with Crippen LogP contribution in [0, 0.1) is 0 Å². The van der Waals surface area contributed by atoms with Gasteiger partial charge in [-0.05, 0) is 0 Å². The zero-order valence-electron chi connectivity index (χ0n) is 6.98. The summed E-state index contributed by atoms with van der Waals surface area (Å²) in [6.07, 6.45) is 0.956. The van der Waals surface area contributed by atoms with Crippen molar-refractivity contribution in [2.24, 2.45) is 0 Å². The van der Waals surface area contributed by atoms with E-state index in [0.717, 1.165) is 6.08 Å². The molecule has 0 saturated carbocycles. The fourth-order valence-electron chi connectivity index (χ4n) is 0.674. The number of alkyl halides is 2. The van der Waals surface area contributed by atoms with Crippen LogP contribution in [0.4, 0.5) is 8.78 Å². The van der Waals surface area contributed by atoms with Crippen LogP contribution in [-0.2, 0) is 9.53 Å². The van der Waals surface area contributed by atoms with Gasteiger partial charge in [-0.15, -0.1) is 0 Å². The van der Waals surface area contributed by atoms with Crippen LogP contribution in [-0.4, -0.2) is 18.5 Å². The fourth-order valence-corrected chi connectivity index (χ4v) is 0.674. The Morgan fingerprint density at radius 2 is 2.25 bits per heavy atom. The van der Waals surface area contributed by atoms with E-state index in [0.29, 0.717) is 6.42 Å². The zero-order chi connectivity index (χ0) is 9.61. The molecule has 0 aliphatic rings. The van der Waals surface area contributed by atoms with Crippen LogP contribution >= 0.6 is 0 Å². The van der Waals surface area contributed by atoms with Gasteiger partial charge in [0.15, 0.2) is 6.61 Å². The number of carbonyl (C=O) groups is 1. The molecule has 0 fully saturated rings. The Balaban J connectivity index is 3.74. The Labute approximate surface area is 70.2 Å². The summed E-state index contributed by atoms with van der Waals surface area (Å²) in [6, 6.07) is 0. The molecule has 0 heterocycles. The number of carbonyl (C=O) groups excluding carboxylic acids is 1. The van der Waals surface area contributed by atoms with Crippen molar-refractivity contribution in [3.05, 3.63) is 12.7 Å². The van der Waals surface area contributed by atoms with E-state index in [1.165, 1.54) is 0 Å². The maximum absolute atomic E-state index is 12.6. The van der Waals surface area contributed by atoms with Crippen molar-refractivity contribution in [2.75, 3.05) is 6.61 Å². The van der Waals surface area contributed by atoms with Gasteiger partial charge in [0.25, 0.3) is 5.92 Å². The number of ether oxygens (including phenoxy) is 1. The van der Waals surface area contributed by atoms with Crippen molar-refractivity contribution in [1.82, 2.24) is 0 Å². The van der Waals surface area contributed by atoms with Crippen LogP contribution in [0.15, 0.2) is 12.7 Å². The summed E-state index contributed by atoms with van der Waals surface area (Å²) < 4.78 is 29.4. The molecule has 0 aromatic heterocycles. The standard InChI is InChI=1S/C8H12F2O2/c1-3-5-8(9,10)6-12-7(11)4-2/h4H,2-3,5-6H2,1H3. The highest BCUT2D eigenvalue weighted by Gasteiger charge is 2.29. The van der Waals surface area contributed by atoms with Gasteiger partial charge in [0.05, 0.1) is 0 Å². The van der Waals surface area contributed by atoms with E-state index in [2.05, 4.69) is 11.3 Å². The van der Waals surface area contributed by atoms with Gasteiger partial charge >= 0.3 is 5.97 Å². The second-order valence-electron chi connectivity index (χ2n) is 2.42. The summed E-state index contributed by atoms with van der Waals surface area (Å²) in [5, 5.41) is 0. The third-order valence-corrected chi connectivity index (χ3v) is 1.21. The van der Waals surface area contributed by atoms with Gasteiger partial charge in [-0.2, -0.15) is 0 Å². The van der Waals surface area contributed by atoms with Crippen molar-refractivity contribution in [1.29, 1.82) is 0 Å². The van der Waals surface area contributed by atoms with E-state index in [1.807, 2.05) is 0 Å². The number of hydrogen-bond donors (Lipinski definition) is 0. The molecule has 12 heavy (non-hydrogen) atoms. The van der Waals surface area contributed by atoms with Crippen LogP contribution in [0.2, 0.25) is 0 Å². The summed E-state index contributed by atoms with van der Waals surface area (Å²) in [5.74, 6) is -3.72. The first-order valence-corrected chi connectivity index (χ1v) is 3.69. The monoisotopic (exact) mass is 178 g/mol. The smallest absolute Gasteiger partial charge is 0.330 e. The second-order valence-corrected chi connectivity index (χ2v) is 2.42. The largest absolute Gasteiger partial charge is 0.456 e. The Kier molecular flexibility index (Phi) is 4.47. The van der Waals surface area contributed by atoms with Crippen LogP contribution < -0.4 is 0 Å². The van der Waals surface area contributed by atoms with Crippen LogP contribution in [0.5, 0.6) is 0 Å². The SMILES string of the molecule is C=CC(=O)OCC(F)(F)CCC. The molecule has 2 nitrogen and oxygen atoms in total. The topological polar surface area (TPSA) is 26.3 Å². The first kappa shape index (κ1) is 11.1. The lowest BCUT2D eigenvalue weighted by molar-refractivity contribution is -0.150. The molecule has 0 atom stereocenters. The average molecular weight is 178 g/mol. The third kappa shape index (κ3) is 4.82. The lowest BCUT2D eigenvalue weighted by Gasteiger charge is -2.14. The van der Waals surface area contributed by atoms with E-state index in [1.54, 1.807) is 6.92 Å². The van der Waals surface area contributed by atoms with E-state index >= 15 is 0 Å². The number of esters is 1. The summed E-state index contributed by atoms with van der Waals surface area (Å²) in [5.41, 5.74) is 0. The van der Waals surface area contributed by atoms with Gasteiger partial charge < -0.3 is 4.74 Å². The van der Waals surface area contributed by atoms with Crippen molar-refractivity contribution in [2.45, 2.75) is 25.7 Å². The Hall–Kier alpha value is -0.930. The molecule has 0 rings (SSSR count). The van der Waals surface area contributed by atoms with Gasteiger partial charge in [-0.3, -0.25) is 0 Å². The minimum Gasteiger partial charge on any atom is -0.456 e. The van der Waals surface area contributed by atoms with E-state index in [4.69, 9.17) is 0 Å². The fraction of sp³-hybridized carbons (Fsp3) is 0.625. The van der Waals surface area contributed by atoms with Crippen LogP contribution in [0.3, 0.4) is 0 Å². The molecule has 0 unspecified atom stereocenters. The summed E-state index contributed by atoms with van der Waals surface area (Å²) in [7, 11) is 0. The van der Waals surface area contributed by atoms with Gasteiger partial charge in [-0.25, -0.2) is 13.6 Å². The molecule has 4 heteroatoms. The predicted octanol–water partition coefficient (Wildman–Crippen LogP) is 2.15. The lowest BCUT2D eigenvalue weighted by Crippen LogP contribution is -2.24. The quantitative estimate of drug-likeness (QED) is 0.476. The average Bonchev–Trinajstić information content (AvgIpc) is 2.00. The molecule has 70 valence electrons. The third-order valence-electron chi connectivity index (χ3n) is 1.21. The first-order chi connectivity index (χ1) is 5.52. The summed E-state index contributed by atoms with van der Waals surface area (Å²) >= 11 is 0. The van der Waals surface area contributed by atoms with Crippen LogP contribution in [0.25, 0.3) is 0 Å². The van der Waals surface area contributed by atoms with Crippen LogP contribution in [0.1, 0.15) is 19.8 Å². The molecule has 0 spiro atoms. The van der Waals surface area contributed by atoms with Crippen molar-refractivity contribution in [3.63, 3.8) is 0 Å². The van der Waals surface area contributed by atoms with Gasteiger partial charge in [-0.1, -0.05) is 19.9 Å². The molecule has 0 radical (unpaired) electrons. The predicted molar refractivity (Wildman–Crippen MR) is 41.0 cm³/mol. The molecular formula is C8H12F2O2. The molecule has 0 aromatic carbocycles. The van der Waals surface area contributed by atoms with Crippen molar-refractivity contribution < 1.29 is 18.3 Å². The Morgan fingerprint density at radius 3 is 2.67 bits per heavy atom. The molecule has 0 saturated heterocycles. The summed E-state index contributed by atoms with van der Waals surface area (Å²) in [6.45, 7) is 3.87.